The summed E-state index contributed by atoms with van der Waals surface area (Å²) >= 11 is 0. The average Bonchev–Trinajstić information content (AvgIpc) is 3.00. The Hall–Kier alpha value is -5.58. The minimum absolute atomic E-state index is 0.0763. The Morgan fingerprint density at radius 3 is 2.37 bits per heavy atom. The summed E-state index contributed by atoms with van der Waals surface area (Å²) in [5.74, 6) is -0.441. The Bertz CT molecular complexity index is 1800. The van der Waals surface area contributed by atoms with Crippen molar-refractivity contribution in [3.63, 3.8) is 0 Å². The number of hydrogen-bond donors (Lipinski definition) is 3. The fourth-order valence-corrected chi connectivity index (χ4v) is 4.56. The molecule has 0 aliphatic carbocycles. The molecule has 3 aromatic carbocycles. The Morgan fingerprint density at radius 2 is 1.67 bits per heavy atom. The molecule has 0 aliphatic heterocycles. The van der Waals surface area contributed by atoms with Gasteiger partial charge in [0.25, 0.3) is 5.91 Å². The quantitative estimate of drug-likeness (QED) is 0.159. The number of rotatable bonds is 10. The molecule has 3 N–H and O–H groups in total. The van der Waals surface area contributed by atoms with Crippen LogP contribution in [-0.2, 0) is 6.42 Å². The molecule has 0 fully saturated rings. The second-order valence-electron chi connectivity index (χ2n) is 9.62. The first-order valence-electron chi connectivity index (χ1n) is 13.4. The summed E-state index contributed by atoms with van der Waals surface area (Å²) < 4.78 is 25.5. The molecule has 11 heteroatoms. The number of benzene rings is 3. The Kier molecular flexibility index (Phi) is 8.71. The lowest BCUT2D eigenvalue weighted by Gasteiger charge is -2.13. The highest BCUT2D eigenvalue weighted by Crippen LogP contribution is 2.33. The number of methoxy groups -OCH3 is 1. The van der Waals surface area contributed by atoms with Gasteiger partial charge in [0.1, 0.15) is 17.6 Å². The summed E-state index contributed by atoms with van der Waals surface area (Å²) in [5, 5.41) is 14.8. The lowest BCUT2D eigenvalue weighted by molar-refractivity contribution is 0.102. The van der Waals surface area contributed by atoms with Crippen molar-refractivity contribution in [2.45, 2.75) is 19.8 Å². The van der Waals surface area contributed by atoms with Gasteiger partial charge < -0.3 is 19.9 Å². The number of halogens is 1. The number of para-hydroxylation sites is 2. The highest BCUT2D eigenvalue weighted by atomic mass is 19.1. The van der Waals surface area contributed by atoms with E-state index in [9.17, 15) is 14.0 Å². The van der Waals surface area contributed by atoms with Crippen LogP contribution in [0.3, 0.4) is 0 Å². The summed E-state index contributed by atoms with van der Waals surface area (Å²) in [6, 6.07) is 18.8. The molecule has 0 spiro atoms. The third-order valence-corrected chi connectivity index (χ3v) is 6.74. The molecule has 0 aliphatic rings. The SMILES string of the molecule is COc1ncc(-c2cc(OCCCc3ccc(C(=O)Nc4ccccc4NC(=O)O)cc3)c3ncnc(C)c3c2)cc1F. The highest BCUT2D eigenvalue weighted by molar-refractivity contribution is 6.06. The zero-order valence-corrected chi connectivity index (χ0v) is 23.4. The van der Waals surface area contributed by atoms with E-state index in [1.54, 1.807) is 42.6 Å². The molecule has 0 atom stereocenters. The molecule has 0 bridgehead atoms. The lowest BCUT2D eigenvalue weighted by Crippen LogP contribution is -2.15. The minimum atomic E-state index is -1.22. The van der Waals surface area contributed by atoms with Gasteiger partial charge in [-0.05, 0) is 73.4 Å². The number of aromatic nitrogens is 3. The lowest BCUT2D eigenvalue weighted by atomic mass is 10.0. The van der Waals surface area contributed by atoms with Gasteiger partial charge in [0, 0.05) is 28.4 Å². The summed E-state index contributed by atoms with van der Waals surface area (Å²) in [7, 11) is 1.36. The standard InChI is InChI=1S/C32H28FN5O5/c1-19-24-14-22(23-15-25(33)31(42-2)34-17-23)16-28(29(24)36-18-35-19)43-13-5-6-20-9-11-21(12-10-20)30(39)37-26-7-3-4-8-27(26)38-32(40)41/h3-4,7-12,14-18,38H,5-6,13H2,1-2H3,(H,37,39)(H,40,41). The van der Waals surface area contributed by atoms with E-state index < -0.39 is 11.9 Å². The number of carbonyl (C=O) groups excluding carboxylic acids is 1. The maximum atomic E-state index is 14.4. The van der Waals surface area contributed by atoms with Crippen LogP contribution in [0.5, 0.6) is 11.6 Å². The number of nitrogens with zero attached hydrogens (tertiary/aromatic N) is 3. The number of anilines is 2. The van der Waals surface area contributed by atoms with Gasteiger partial charge in [0.15, 0.2) is 5.82 Å². The number of carbonyl (C=O) groups is 2. The van der Waals surface area contributed by atoms with Gasteiger partial charge in [-0.1, -0.05) is 24.3 Å². The van der Waals surface area contributed by atoms with E-state index in [4.69, 9.17) is 14.6 Å². The van der Waals surface area contributed by atoms with E-state index in [1.807, 2.05) is 31.2 Å². The summed E-state index contributed by atoms with van der Waals surface area (Å²) in [5.41, 5.74) is 4.81. The predicted molar refractivity (Wildman–Crippen MR) is 160 cm³/mol. The number of pyridine rings is 1. The first kappa shape index (κ1) is 28.9. The van der Waals surface area contributed by atoms with E-state index in [0.717, 1.165) is 16.6 Å². The molecule has 2 aromatic heterocycles. The van der Waals surface area contributed by atoms with Gasteiger partial charge in [-0.25, -0.2) is 24.1 Å². The van der Waals surface area contributed by atoms with Crippen molar-refractivity contribution < 1.29 is 28.6 Å². The van der Waals surface area contributed by atoms with E-state index in [0.29, 0.717) is 53.1 Å². The number of carboxylic acid groups (broad SMARTS) is 1. The van der Waals surface area contributed by atoms with Crippen LogP contribution in [0.1, 0.15) is 28.0 Å². The summed E-state index contributed by atoms with van der Waals surface area (Å²) in [6.45, 7) is 2.27. The topological polar surface area (TPSA) is 136 Å². The number of fused-ring (bicyclic) bond motifs is 1. The molecule has 0 radical (unpaired) electrons. The smallest absolute Gasteiger partial charge is 0.409 e. The van der Waals surface area contributed by atoms with Crippen LogP contribution in [0.25, 0.3) is 22.0 Å². The van der Waals surface area contributed by atoms with Crippen molar-refractivity contribution in [2.75, 3.05) is 24.4 Å². The molecule has 2 heterocycles. The molecule has 0 saturated carbocycles. The van der Waals surface area contributed by atoms with Gasteiger partial charge in [-0.15, -0.1) is 0 Å². The van der Waals surface area contributed by atoms with Crippen molar-refractivity contribution in [1.82, 2.24) is 15.0 Å². The van der Waals surface area contributed by atoms with Crippen molar-refractivity contribution in [3.8, 4) is 22.8 Å². The Balaban J connectivity index is 1.23. The normalized spacial score (nSPS) is 10.8. The maximum absolute atomic E-state index is 14.4. The van der Waals surface area contributed by atoms with Crippen LogP contribution in [0.2, 0.25) is 0 Å². The molecule has 10 nitrogen and oxygen atoms in total. The van der Waals surface area contributed by atoms with Crippen LogP contribution in [0.15, 0.2) is 79.3 Å². The Labute approximate surface area is 246 Å². The van der Waals surface area contributed by atoms with Crippen LogP contribution < -0.4 is 20.1 Å². The number of amides is 2. The maximum Gasteiger partial charge on any atom is 0.409 e. The number of hydrogen-bond acceptors (Lipinski definition) is 7. The van der Waals surface area contributed by atoms with Crippen LogP contribution in [0.4, 0.5) is 20.6 Å². The van der Waals surface area contributed by atoms with Gasteiger partial charge in [-0.3, -0.25) is 10.1 Å². The van der Waals surface area contributed by atoms with Gasteiger partial charge in [-0.2, -0.15) is 0 Å². The van der Waals surface area contributed by atoms with Crippen molar-refractivity contribution >= 4 is 34.3 Å². The Morgan fingerprint density at radius 1 is 0.930 bits per heavy atom. The van der Waals surface area contributed by atoms with Gasteiger partial charge in [0.2, 0.25) is 5.88 Å². The first-order chi connectivity index (χ1) is 20.8. The van der Waals surface area contributed by atoms with Gasteiger partial charge in [0.05, 0.1) is 25.1 Å². The van der Waals surface area contributed by atoms with E-state index in [2.05, 4.69) is 25.6 Å². The second-order valence-corrected chi connectivity index (χ2v) is 9.62. The molecule has 0 saturated heterocycles. The number of aryl methyl sites for hydroxylation is 2. The number of nitrogens with one attached hydrogen (secondary N) is 2. The molecular formula is C32H28FN5O5. The molecule has 43 heavy (non-hydrogen) atoms. The van der Waals surface area contributed by atoms with E-state index in [-0.39, 0.29) is 17.5 Å². The molecule has 2 amide bonds. The first-order valence-corrected chi connectivity index (χ1v) is 13.4. The van der Waals surface area contributed by atoms with E-state index in [1.165, 1.54) is 19.5 Å². The monoisotopic (exact) mass is 581 g/mol. The molecule has 5 rings (SSSR count). The molecule has 5 aromatic rings. The van der Waals surface area contributed by atoms with Crippen LogP contribution >= 0.6 is 0 Å². The average molecular weight is 582 g/mol. The fourth-order valence-electron chi connectivity index (χ4n) is 4.56. The predicted octanol–water partition coefficient (Wildman–Crippen LogP) is 6.50. The summed E-state index contributed by atoms with van der Waals surface area (Å²) in [4.78, 5) is 36.5. The molecule has 0 unspecified atom stereocenters. The summed E-state index contributed by atoms with van der Waals surface area (Å²) in [6.07, 6.45) is 3.20. The molecular weight excluding hydrogens is 553 g/mol. The van der Waals surface area contributed by atoms with E-state index >= 15 is 0 Å². The minimum Gasteiger partial charge on any atom is -0.491 e. The van der Waals surface area contributed by atoms with Crippen LogP contribution in [-0.4, -0.2) is 45.8 Å². The zero-order valence-electron chi connectivity index (χ0n) is 23.4. The number of ether oxygens (including phenoxy) is 2. The second kappa shape index (κ2) is 12.9. The highest BCUT2D eigenvalue weighted by Gasteiger charge is 2.14. The fraction of sp³-hybridized carbons (Fsp3) is 0.156. The van der Waals surface area contributed by atoms with Gasteiger partial charge >= 0.3 is 6.09 Å². The van der Waals surface area contributed by atoms with Crippen molar-refractivity contribution in [3.05, 3.63) is 102 Å². The third-order valence-electron chi connectivity index (χ3n) is 6.74. The zero-order chi connectivity index (χ0) is 30.3. The third kappa shape index (κ3) is 6.84. The van der Waals surface area contributed by atoms with Crippen molar-refractivity contribution in [2.24, 2.45) is 0 Å². The van der Waals surface area contributed by atoms with Crippen molar-refractivity contribution in [1.29, 1.82) is 0 Å². The van der Waals surface area contributed by atoms with Crippen LogP contribution in [0, 0.1) is 12.7 Å². The largest absolute Gasteiger partial charge is 0.491 e. The molecule has 218 valence electrons.